The fraction of sp³-hybridized carbons (Fsp3) is 0.350. The van der Waals surface area contributed by atoms with Gasteiger partial charge in [-0.1, -0.05) is 18.2 Å². The Hall–Kier alpha value is -2.93. The first-order valence-corrected chi connectivity index (χ1v) is 9.35. The Morgan fingerprint density at radius 3 is 3.04 bits per heavy atom. The van der Waals surface area contributed by atoms with E-state index < -0.39 is 6.03 Å². The quantitative estimate of drug-likeness (QED) is 0.626. The molecule has 140 valence electrons. The number of aromatic nitrogens is 3. The van der Waals surface area contributed by atoms with E-state index in [2.05, 4.69) is 26.3 Å². The number of H-pyrrole nitrogens is 1. The number of para-hydroxylation sites is 2. The molecular formula is C20H24N6O. The highest BCUT2D eigenvalue weighted by Crippen LogP contribution is 2.33. The summed E-state index contributed by atoms with van der Waals surface area (Å²) in [4.78, 5) is 26.2. The van der Waals surface area contributed by atoms with Gasteiger partial charge in [-0.3, -0.25) is 9.88 Å². The second-order valence-electron chi connectivity index (χ2n) is 6.92. The lowest BCUT2D eigenvalue weighted by Crippen LogP contribution is -2.40. The summed E-state index contributed by atoms with van der Waals surface area (Å²) in [6, 6.07) is 11.9. The van der Waals surface area contributed by atoms with Crippen LogP contribution in [0.3, 0.4) is 0 Å². The van der Waals surface area contributed by atoms with E-state index in [1.807, 2.05) is 36.5 Å². The molecule has 27 heavy (non-hydrogen) atoms. The summed E-state index contributed by atoms with van der Waals surface area (Å²) in [5.41, 5.74) is 9.68. The highest BCUT2D eigenvalue weighted by atomic mass is 16.2. The molecule has 1 aliphatic carbocycles. The molecule has 0 spiro atoms. The molecule has 0 saturated heterocycles. The molecule has 0 fully saturated rings. The number of nitrogens with one attached hydrogen (secondary N) is 2. The van der Waals surface area contributed by atoms with E-state index in [-0.39, 0.29) is 6.04 Å². The van der Waals surface area contributed by atoms with Crippen LogP contribution in [0.5, 0.6) is 0 Å². The predicted molar refractivity (Wildman–Crippen MR) is 104 cm³/mol. The predicted octanol–water partition coefficient (Wildman–Crippen LogP) is 2.51. The number of urea groups is 1. The molecule has 0 bridgehead atoms. The number of carbonyl (C=O) groups is 1. The summed E-state index contributed by atoms with van der Waals surface area (Å²) in [6.07, 6.45) is 5.10. The van der Waals surface area contributed by atoms with E-state index >= 15 is 0 Å². The van der Waals surface area contributed by atoms with Crippen LogP contribution < -0.4 is 11.1 Å². The number of fused-ring (bicyclic) bond motifs is 2. The second-order valence-corrected chi connectivity index (χ2v) is 6.92. The third kappa shape index (κ3) is 3.93. The van der Waals surface area contributed by atoms with E-state index in [9.17, 15) is 4.79 Å². The standard InChI is InChI=1S/C20H24N6O/c21-20(27)23-11-12-26(13-18-24-15-7-1-2-8-16(15)25-18)17-9-3-5-14-6-4-10-22-19(14)17/h1-2,4,6-8,10,17H,3,5,9,11-13H2,(H,24,25)(H3,21,23,27). The first-order chi connectivity index (χ1) is 13.2. The molecule has 1 atom stereocenters. The number of hydrogen-bond donors (Lipinski definition) is 3. The molecule has 4 rings (SSSR count). The Labute approximate surface area is 158 Å². The van der Waals surface area contributed by atoms with Crippen LogP contribution >= 0.6 is 0 Å². The lowest BCUT2D eigenvalue weighted by atomic mass is 9.91. The van der Waals surface area contributed by atoms with Crippen molar-refractivity contribution >= 4 is 17.1 Å². The average Bonchev–Trinajstić information content (AvgIpc) is 3.09. The molecule has 1 aromatic carbocycles. The average molecular weight is 364 g/mol. The van der Waals surface area contributed by atoms with Crippen molar-refractivity contribution in [3.63, 3.8) is 0 Å². The van der Waals surface area contributed by atoms with Crippen LogP contribution in [-0.2, 0) is 13.0 Å². The van der Waals surface area contributed by atoms with Gasteiger partial charge in [0, 0.05) is 19.3 Å². The number of imidazole rings is 1. The van der Waals surface area contributed by atoms with Crippen molar-refractivity contribution in [3.8, 4) is 0 Å². The Bertz CT molecular complexity index is 904. The van der Waals surface area contributed by atoms with E-state index in [1.54, 1.807) is 0 Å². The maximum Gasteiger partial charge on any atom is 0.312 e. The van der Waals surface area contributed by atoms with Crippen LogP contribution in [0.1, 0.15) is 36.0 Å². The van der Waals surface area contributed by atoms with Crippen LogP contribution in [0.4, 0.5) is 4.79 Å². The number of nitrogens with two attached hydrogens (primary N) is 1. The molecule has 2 aromatic heterocycles. The van der Waals surface area contributed by atoms with Gasteiger partial charge in [0.2, 0.25) is 0 Å². The summed E-state index contributed by atoms with van der Waals surface area (Å²) < 4.78 is 0. The normalized spacial score (nSPS) is 16.4. The maximum atomic E-state index is 11.1. The Morgan fingerprint density at radius 2 is 2.19 bits per heavy atom. The minimum Gasteiger partial charge on any atom is -0.352 e. The van der Waals surface area contributed by atoms with Gasteiger partial charge in [-0.2, -0.15) is 0 Å². The number of aryl methyl sites for hydroxylation is 1. The molecular weight excluding hydrogens is 340 g/mol. The molecule has 0 radical (unpaired) electrons. The number of primary amides is 1. The zero-order valence-corrected chi connectivity index (χ0v) is 15.2. The summed E-state index contributed by atoms with van der Waals surface area (Å²) in [5, 5.41) is 2.70. The number of benzene rings is 1. The van der Waals surface area contributed by atoms with Gasteiger partial charge in [-0.15, -0.1) is 0 Å². The lowest BCUT2D eigenvalue weighted by Gasteiger charge is -2.34. The summed E-state index contributed by atoms with van der Waals surface area (Å²) >= 11 is 0. The van der Waals surface area contributed by atoms with Gasteiger partial charge < -0.3 is 16.0 Å². The first kappa shape index (κ1) is 17.5. The zero-order valence-electron chi connectivity index (χ0n) is 15.2. The van der Waals surface area contributed by atoms with Gasteiger partial charge in [0.1, 0.15) is 5.82 Å². The highest BCUT2D eigenvalue weighted by Gasteiger charge is 2.27. The summed E-state index contributed by atoms with van der Waals surface area (Å²) in [5.74, 6) is 0.915. The minimum atomic E-state index is -0.499. The van der Waals surface area contributed by atoms with Crippen LogP contribution in [0.15, 0.2) is 42.6 Å². The van der Waals surface area contributed by atoms with Gasteiger partial charge in [0.25, 0.3) is 0 Å². The van der Waals surface area contributed by atoms with Crippen LogP contribution in [-0.4, -0.2) is 39.0 Å². The number of nitrogens with zero attached hydrogens (tertiary/aromatic N) is 3. The minimum absolute atomic E-state index is 0.206. The van der Waals surface area contributed by atoms with Crippen molar-refractivity contribution in [1.82, 2.24) is 25.2 Å². The fourth-order valence-electron chi connectivity index (χ4n) is 3.88. The van der Waals surface area contributed by atoms with E-state index in [1.165, 1.54) is 5.56 Å². The molecule has 2 heterocycles. The molecule has 3 aromatic rings. The summed E-state index contributed by atoms with van der Waals surface area (Å²) in [7, 11) is 0. The zero-order chi connectivity index (χ0) is 18.6. The SMILES string of the molecule is NC(=O)NCCN(Cc1nc2ccccc2[nH]1)C1CCCc2cccnc21. The van der Waals surface area contributed by atoms with E-state index in [0.29, 0.717) is 19.6 Å². The molecule has 0 aliphatic heterocycles. The van der Waals surface area contributed by atoms with Crippen LogP contribution in [0.2, 0.25) is 0 Å². The van der Waals surface area contributed by atoms with Crippen molar-refractivity contribution in [3.05, 3.63) is 59.7 Å². The van der Waals surface area contributed by atoms with Crippen molar-refractivity contribution < 1.29 is 4.79 Å². The topological polar surface area (TPSA) is 99.9 Å². The maximum absolute atomic E-state index is 11.1. The molecule has 2 amide bonds. The third-order valence-electron chi connectivity index (χ3n) is 5.10. The number of hydrogen-bond acceptors (Lipinski definition) is 4. The smallest absolute Gasteiger partial charge is 0.312 e. The number of pyridine rings is 1. The lowest BCUT2D eigenvalue weighted by molar-refractivity contribution is 0.163. The Kier molecular flexibility index (Phi) is 5.02. The van der Waals surface area contributed by atoms with Crippen molar-refractivity contribution in [2.24, 2.45) is 5.73 Å². The molecule has 1 unspecified atom stereocenters. The van der Waals surface area contributed by atoms with Gasteiger partial charge >= 0.3 is 6.03 Å². The van der Waals surface area contributed by atoms with E-state index in [0.717, 1.165) is 41.8 Å². The fourth-order valence-corrected chi connectivity index (χ4v) is 3.88. The van der Waals surface area contributed by atoms with Gasteiger partial charge in [-0.05, 0) is 43.0 Å². The monoisotopic (exact) mass is 364 g/mol. The Morgan fingerprint density at radius 1 is 1.30 bits per heavy atom. The van der Waals surface area contributed by atoms with Crippen molar-refractivity contribution in [2.75, 3.05) is 13.1 Å². The van der Waals surface area contributed by atoms with Gasteiger partial charge in [-0.25, -0.2) is 9.78 Å². The first-order valence-electron chi connectivity index (χ1n) is 9.35. The van der Waals surface area contributed by atoms with Gasteiger partial charge in [0.05, 0.1) is 29.3 Å². The number of rotatable bonds is 6. The van der Waals surface area contributed by atoms with Crippen LogP contribution in [0.25, 0.3) is 11.0 Å². The summed E-state index contributed by atoms with van der Waals surface area (Å²) in [6.45, 7) is 1.84. The van der Waals surface area contributed by atoms with Crippen LogP contribution in [0, 0.1) is 0 Å². The molecule has 4 N–H and O–H groups in total. The molecule has 7 heteroatoms. The van der Waals surface area contributed by atoms with E-state index in [4.69, 9.17) is 10.7 Å². The van der Waals surface area contributed by atoms with Crippen molar-refractivity contribution in [2.45, 2.75) is 31.8 Å². The molecule has 0 saturated carbocycles. The second kappa shape index (κ2) is 7.75. The third-order valence-corrected chi connectivity index (χ3v) is 5.10. The largest absolute Gasteiger partial charge is 0.352 e. The molecule has 1 aliphatic rings. The highest BCUT2D eigenvalue weighted by molar-refractivity contribution is 5.74. The number of amides is 2. The van der Waals surface area contributed by atoms with Gasteiger partial charge in [0.15, 0.2) is 0 Å². The number of carbonyl (C=O) groups excluding carboxylic acids is 1. The molecule has 7 nitrogen and oxygen atoms in total. The number of aromatic amines is 1. The van der Waals surface area contributed by atoms with Crippen molar-refractivity contribution in [1.29, 1.82) is 0 Å². The Balaban J connectivity index is 1.59.